The Labute approximate surface area is 230 Å². The molecule has 0 radical (unpaired) electrons. The summed E-state index contributed by atoms with van der Waals surface area (Å²) in [7, 11) is 0. The molecule has 0 aromatic heterocycles. The smallest absolute Gasteiger partial charge is 0.161 e. The summed E-state index contributed by atoms with van der Waals surface area (Å²) in [6.45, 7) is 4.28. The maximum Gasteiger partial charge on any atom is 0.161 e. The van der Waals surface area contributed by atoms with E-state index in [4.69, 9.17) is 10.5 Å². The van der Waals surface area contributed by atoms with Crippen molar-refractivity contribution in [1.82, 2.24) is 0 Å². The Morgan fingerprint density at radius 1 is 1.13 bits per heavy atom. The highest BCUT2D eigenvalue weighted by Gasteiger charge is 2.41. The van der Waals surface area contributed by atoms with Crippen molar-refractivity contribution < 1.29 is 13.9 Å². The summed E-state index contributed by atoms with van der Waals surface area (Å²) in [4.78, 5) is 15.1. The fourth-order valence-corrected chi connectivity index (χ4v) is 5.84. The number of benzene rings is 3. The van der Waals surface area contributed by atoms with Gasteiger partial charge < -0.3 is 10.5 Å². The molecule has 3 aromatic rings. The summed E-state index contributed by atoms with van der Waals surface area (Å²) >= 11 is 3.52. The predicted molar refractivity (Wildman–Crippen MR) is 149 cm³/mol. The van der Waals surface area contributed by atoms with Crippen molar-refractivity contribution in [3.05, 3.63) is 116 Å². The van der Waals surface area contributed by atoms with Gasteiger partial charge in [0.05, 0.1) is 27.7 Å². The average molecular weight is 572 g/mol. The van der Waals surface area contributed by atoms with Gasteiger partial charge in [-0.2, -0.15) is 5.26 Å². The minimum Gasteiger partial charge on any atom is -0.488 e. The fraction of sp³-hybridized carbons (Fsp3) is 0.226. The van der Waals surface area contributed by atoms with Crippen LogP contribution in [-0.2, 0) is 11.4 Å². The zero-order valence-corrected chi connectivity index (χ0v) is 22.8. The van der Waals surface area contributed by atoms with Crippen LogP contribution in [-0.4, -0.2) is 5.78 Å². The van der Waals surface area contributed by atoms with E-state index in [0.717, 1.165) is 32.5 Å². The second-order valence-electron chi connectivity index (χ2n) is 9.63. The topological polar surface area (TPSA) is 79.3 Å². The van der Waals surface area contributed by atoms with Crippen molar-refractivity contribution in [2.45, 2.75) is 45.6 Å². The molecule has 0 saturated heterocycles. The first kappa shape index (κ1) is 25.7. The average Bonchev–Trinajstić information content (AvgIpc) is 2.90. The third-order valence-electron chi connectivity index (χ3n) is 7.24. The number of para-hydroxylation sites is 2. The Kier molecular flexibility index (Phi) is 7.09. The number of anilines is 1. The summed E-state index contributed by atoms with van der Waals surface area (Å²) in [5, 5.41) is 10.3. The van der Waals surface area contributed by atoms with E-state index in [1.807, 2.05) is 44.2 Å². The van der Waals surface area contributed by atoms with Gasteiger partial charge in [-0.1, -0.05) is 42.0 Å². The zero-order valence-electron chi connectivity index (χ0n) is 21.2. The van der Waals surface area contributed by atoms with Crippen molar-refractivity contribution in [3.8, 4) is 11.8 Å². The quantitative estimate of drug-likeness (QED) is 0.353. The number of rotatable bonds is 5. The molecule has 192 valence electrons. The third kappa shape index (κ3) is 4.50. The van der Waals surface area contributed by atoms with E-state index in [1.165, 1.54) is 6.07 Å². The molecule has 1 aliphatic heterocycles. The lowest BCUT2D eigenvalue weighted by Gasteiger charge is -2.40. The van der Waals surface area contributed by atoms with Gasteiger partial charge in [-0.05, 0) is 83.6 Å². The zero-order chi connectivity index (χ0) is 27.0. The molecule has 1 atom stereocenters. The minimum absolute atomic E-state index is 0.0373. The van der Waals surface area contributed by atoms with Gasteiger partial charge in [0.1, 0.15) is 24.0 Å². The highest BCUT2D eigenvalue weighted by molar-refractivity contribution is 9.10. The molecule has 38 heavy (non-hydrogen) atoms. The van der Waals surface area contributed by atoms with Gasteiger partial charge >= 0.3 is 0 Å². The number of carbonyl (C=O) groups excluding carboxylic acids is 1. The molecular weight excluding hydrogens is 545 g/mol. The van der Waals surface area contributed by atoms with Crippen molar-refractivity contribution in [3.63, 3.8) is 0 Å². The molecule has 1 heterocycles. The van der Waals surface area contributed by atoms with E-state index >= 15 is 0 Å². The van der Waals surface area contributed by atoms with Crippen LogP contribution >= 0.6 is 15.9 Å². The summed E-state index contributed by atoms with van der Waals surface area (Å²) in [6, 6.07) is 20.3. The van der Waals surface area contributed by atoms with E-state index in [9.17, 15) is 14.4 Å². The molecule has 2 aliphatic rings. The third-order valence-corrected chi connectivity index (χ3v) is 7.89. The van der Waals surface area contributed by atoms with Crippen LogP contribution in [0.25, 0.3) is 0 Å². The molecule has 0 bridgehead atoms. The standard InChI is InChI=1S/C31H27BrFN3O2/c1-18-14-20(17-38-28-13-6-3-8-23(28)32)19(2)21(15-18)29-22(16-34)31(35)36(25-10-5-4-9-24(25)33)26-11-7-12-27(37)30(26)29/h3-6,8-10,13-15,29H,7,11-12,17,35H2,1-2H3. The van der Waals surface area contributed by atoms with Gasteiger partial charge in [0, 0.05) is 17.7 Å². The number of hydrogen-bond donors (Lipinski definition) is 1. The van der Waals surface area contributed by atoms with Crippen LogP contribution < -0.4 is 15.4 Å². The molecule has 0 amide bonds. The SMILES string of the molecule is Cc1cc(COc2ccccc2Br)c(C)c(C2C(C#N)=C(N)N(c3ccccc3F)C3=C2C(=O)CCC3)c1. The summed E-state index contributed by atoms with van der Waals surface area (Å²) < 4.78 is 21.9. The van der Waals surface area contributed by atoms with Crippen LogP contribution in [0.4, 0.5) is 10.1 Å². The lowest BCUT2D eigenvalue weighted by Crippen LogP contribution is -2.39. The van der Waals surface area contributed by atoms with E-state index < -0.39 is 11.7 Å². The fourth-order valence-electron chi connectivity index (χ4n) is 5.44. The van der Waals surface area contributed by atoms with Crippen LogP contribution in [0.15, 0.2) is 87.8 Å². The number of ketones is 1. The maximum absolute atomic E-state index is 15.0. The van der Waals surface area contributed by atoms with Gasteiger partial charge in [0.25, 0.3) is 0 Å². The molecule has 5 nitrogen and oxygen atoms in total. The summed E-state index contributed by atoms with van der Waals surface area (Å²) in [5.74, 6) is -0.252. The summed E-state index contributed by atoms with van der Waals surface area (Å²) in [5.41, 5.74) is 12.0. The number of ether oxygens (including phenoxy) is 1. The predicted octanol–water partition coefficient (Wildman–Crippen LogP) is 7.09. The monoisotopic (exact) mass is 571 g/mol. The van der Waals surface area contributed by atoms with Gasteiger partial charge in [-0.3, -0.25) is 9.69 Å². The van der Waals surface area contributed by atoms with E-state index in [0.29, 0.717) is 37.1 Å². The molecule has 5 rings (SSSR count). The number of nitrogens with zero attached hydrogens (tertiary/aromatic N) is 2. The normalized spacial score (nSPS) is 17.4. The highest BCUT2D eigenvalue weighted by atomic mass is 79.9. The Balaban J connectivity index is 1.65. The second kappa shape index (κ2) is 10.5. The lowest BCUT2D eigenvalue weighted by molar-refractivity contribution is -0.116. The first-order valence-corrected chi connectivity index (χ1v) is 13.3. The largest absolute Gasteiger partial charge is 0.488 e. The Morgan fingerprint density at radius 2 is 1.87 bits per heavy atom. The van der Waals surface area contributed by atoms with E-state index in [-0.39, 0.29) is 22.9 Å². The van der Waals surface area contributed by atoms with Crippen LogP contribution in [0.1, 0.15) is 47.4 Å². The van der Waals surface area contributed by atoms with Crippen molar-refractivity contribution in [2.24, 2.45) is 5.73 Å². The summed E-state index contributed by atoms with van der Waals surface area (Å²) in [6.07, 6.45) is 1.58. The van der Waals surface area contributed by atoms with E-state index in [2.05, 4.69) is 28.1 Å². The molecule has 1 aliphatic carbocycles. The molecular formula is C31H27BrFN3O2. The first-order chi connectivity index (χ1) is 18.3. The second-order valence-corrected chi connectivity index (χ2v) is 10.5. The number of aryl methyl sites for hydroxylation is 1. The molecule has 2 N–H and O–H groups in total. The van der Waals surface area contributed by atoms with Gasteiger partial charge in [0.15, 0.2) is 5.78 Å². The number of halogens is 2. The minimum atomic E-state index is -0.632. The van der Waals surface area contributed by atoms with Crippen LogP contribution in [0.3, 0.4) is 0 Å². The van der Waals surface area contributed by atoms with Crippen LogP contribution in [0, 0.1) is 31.0 Å². The van der Waals surface area contributed by atoms with E-state index in [1.54, 1.807) is 23.1 Å². The number of hydrogen-bond acceptors (Lipinski definition) is 5. The van der Waals surface area contributed by atoms with Gasteiger partial charge in [0.2, 0.25) is 0 Å². The number of Topliss-reactive ketones (excluding diaryl/α,β-unsaturated/α-hetero) is 1. The van der Waals surface area contributed by atoms with Gasteiger partial charge in [-0.25, -0.2) is 4.39 Å². The molecule has 1 unspecified atom stereocenters. The number of nitriles is 1. The van der Waals surface area contributed by atoms with Gasteiger partial charge in [-0.15, -0.1) is 0 Å². The Hall–Kier alpha value is -3.89. The Bertz CT molecular complexity index is 1550. The highest BCUT2D eigenvalue weighted by Crippen LogP contribution is 2.47. The number of carbonyl (C=O) groups is 1. The molecule has 0 spiro atoms. The number of nitrogens with two attached hydrogens (primary N) is 1. The number of allylic oxidation sites excluding steroid dienone is 3. The van der Waals surface area contributed by atoms with Crippen molar-refractivity contribution in [2.75, 3.05) is 4.90 Å². The van der Waals surface area contributed by atoms with Crippen LogP contribution in [0.5, 0.6) is 5.75 Å². The lowest BCUT2D eigenvalue weighted by atomic mass is 9.73. The molecule has 7 heteroatoms. The maximum atomic E-state index is 15.0. The van der Waals surface area contributed by atoms with Crippen molar-refractivity contribution >= 4 is 27.4 Å². The molecule has 0 saturated carbocycles. The van der Waals surface area contributed by atoms with Crippen LogP contribution in [0.2, 0.25) is 0 Å². The Morgan fingerprint density at radius 3 is 2.61 bits per heavy atom. The van der Waals surface area contributed by atoms with Crippen molar-refractivity contribution in [1.29, 1.82) is 5.26 Å². The molecule has 0 fully saturated rings. The first-order valence-electron chi connectivity index (χ1n) is 12.5. The molecule has 3 aromatic carbocycles.